The van der Waals surface area contributed by atoms with Gasteiger partial charge in [-0.2, -0.15) is 0 Å². The van der Waals surface area contributed by atoms with Gasteiger partial charge in [-0.15, -0.1) is 11.3 Å². The fourth-order valence-corrected chi connectivity index (χ4v) is 2.32. The minimum atomic E-state index is -0.263. The summed E-state index contributed by atoms with van der Waals surface area (Å²) in [5.41, 5.74) is 1.06. The van der Waals surface area contributed by atoms with E-state index < -0.39 is 0 Å². The normalized spacial score (nSPS) is 10.7. The van der Waals surface area contributed by atoms with Crippen molar-refractivity contribution in [1.82, 2.24) is 0 Å². The smallest absolute Gasteiger partial charge is 0.410 e. The Kier molecular flexibility index (Phi) is 2.86. The predicted molar refractivity (Wildman–Crippen MR) is 61.2 cm³/mol. The van der Waals surface area contributed by atoms with E-state index in [1.165, 1.54) is 10.1 Å². The fraction of sp³-hybridized carbons (Fsp3) is 0.200. The van der Waals surface area contributed by atoms with Crippen LogP contribution in [-0.2, 0) is 9.31 Å². The molecule has 0 fully saturated rings. The zero-order chi connectivity index (χ0) is 9.97. The highest BCUT2D eigenvalue weighted by atomic mass is 32.1. The van der Waals surface area contributed by atoms with Crippen molar-refractivity contribution in [2.24, 2.45) is 0 Å². The molecule has 2 aromatic rings. The topological polar surface area (TPSA) is 18.5 Å². The third kappa shape index (κ3) is 1.69. The fourth-order valence-electron chi connectivity index (χ4n) is 1.49. The molecule has 0 saturated heterocycles. The predicted octanol–water partition coefficient (Wildman–Crippen LogP) is 1.89. The molecule has 1 aromatic carbocycles. The molecule has 0 N–H and O–H groups in total. The maximum Gasteiger partial charge on any atom is 0.493 e. The van der Waals surface area contributed by atoms with Gasteiger partial charge in [-0.3, -0.25) is 0 Å². The molecule has 72 valence electrons. The maximum atomic E-state index is 5.19. The average molecular weight is 206 g/mol. The van der Waals surface area contributed by atoms with Crippen LogP contribution in [0.3, 0.4) is 0 Å². The van der Waals surface area contributed by atoms with E-state index in [0.717, 1.165) is 5.46 Å². The molecule has 0 radical (unpaired) electrons. The summed E-state index contributed by atoms with van der Waals surface area (Å²) in [7, 11) is 3.03. The second-order valence-electron chi connectivity index (χ2n) is 3.02. The van der Waals surface area contributed by atoms with E-state index in [9.17, 15) is 0 Å². The van der Waals surface area contributed by atoms with Crippen LogP contribution in [0.15, 0.2) is 29.6 Å². The average Bonchev–Trinajstić information content (AvgIpc) is 2.66. The first kappa shape index (κ1) is 9.71. The molecule has 1 heterocycles. The van der Waals surface area contributed by atoms with Crippen LogP contribution in [-0.4, -0.2) is 21.3 Å². The highest BCUT2D eigenvalue weighted by Gasteiger charge is 2.17. The van der Waals surface area contributed by atoms with Crippen LogP contribution >= 0.6 is 11.3 Å². The number of hydrogen-bond acceptors (Lipinski definition) is 3. The zero-order valence-corrected chi connectivity index (χ0v) is 9.01. The Labute approximate surface area is 87.6 Å². The van der Waals surface area contributed by atoms with Crippen molar-refractivity contribution in [1.29, 1.82) is 0 Å². The molecule has 2 rings (SSSR count). The summed E-state index contributed by atoms with van der Waals surface area (Å²) >= 11 is 1.73. The van der Waals surface area contributed by atoms with Crippen LogP contribution in [0.25, 0.3) is 10.1 Å². The van der Waals surface area contributed by atoms with Crippen molar-refractivity contribution in [3.63, 3.8) is 0 Å². The Morgan fingerprint density at radius 1 is 1.14 bits per heavy atom. The first-order valence-corrected chi connectivity index (χ1v) is 5.26. The summed E-state index contributed by atoms with van der Waals surface area (Å²) in [6.45, 7) is 0. The van der Waals surface area contributed by atoms with Gasteiger partial charge in [0, 0.05) is 18.9 Å². The van der Waals surface area contributed by atoms with Crippen LogP contribution in [0.5, 0.6) is 0 Å². The second-order valence-corrected chi connectivity index (χ2v) is 3.97. The molecule has 0 aliphatic rings. The molecular formula is C10H11BO2S. The first-order chi connectivity index (χ1) is 6.85. The number of thiophene rings is 1. The molecule has 14 heavy (non-hydrogen) atoms. The van der Waals surface area contributed by atoms with E-state index in [4.69, 9.17) is 9.31 Å². The molecule has 2 nitrogen and oxygen atoms in total. The van der Waals surface area contributed by atoms with Crippen molar-refractivity contribution in [3.8, 4) is 0 Å². The van der Waals surface area contributed by atoms with Crippen molar-refractivity contribution < 1.29 is 9.31 Å². The van der Waals surface area contributed by atoms with Gasteiger partial charge in [0.15, 0.2) is 0 Å². The summed E-state index contributed by atoms with van der Waals surface area (Å²) in [5.74, 6) is 0. The number of rotatable bonds is 3. The molecule has 0 atom stereocenters. The largest absolute Gasteiger partial charge is 0.493 e. The summed E-state index contributed by atoms with van der Waals surface area (Å²) in [5, 5.41) is 3.35. The molecule has 0 spiro atoms. The van der Waals surface area contributed by atoms with Gasteiger partial charge in [-0.1, -0.05) is 12.1 Å². The SMILES string of the molecule is COB(OC)c1ccc2ccsc2c1. The summed E-state index contributed by atoms with van der Waals surface area (Å²) in [4.78, 5) is 0. The highest BCUT2D eigenvalue weighted by molar-refractivity contribution is 7.17. The number of benzene rings is 1. The quantitative estimate of drug-likeness (QED) is 0.714. The second kappa shape index (κ2) is 4.13. The van der Waals surface area contributed by atoms with E-state index in [0.29, 0.717) is 0 Å². The third-order valence-corrected chi connectivity index (χ3v) is 3.06. The Morgan fingerprint density at radius 2 is 1.93 bits per heavy atom. The Balaban J connectivity index is 2.42. The lowest BCUT2D eigenvalue weighted by atomic mass is 9.79. The van der Waals surface area contributed by atoms with E-state index in [1.807, 2.05) is 6.07 Å². The Morgan fingerprint density at radius 3 is 2.64 bits per heavy atom. The van der Waals surface area contributed by atoms with Crippen molar-refractivity contribution in [2.45, 2.75) is 0 Å². The van der Waals surface area contributed by atoms with E-state index in [1.54, 1.807) is 25.6 Å². The van der Waals surface area contributed by atoms with Crippen molar-refractivity contribution in [2.75, 3.05) is 14.2 Å². The van der Waals surface area contributed by atoms with Gasteiger partial charge in [-0.25, -0.2) is 0 Å². The van der Waals surface area contributed by atoms with Crippen molar-refractivity contribution in [3.05, 3.63) is 29.6 Å². The molecule has 0 amide bonds. The van der Waals surface area contributed by atoms with Gasteiger partial charge in [0.1, 0.15) is 0 Å². The first-order valence-electron chi connectivity index (χ1n) is 4.38. The molecule has 4 heteroatoms. The highest BCUT2D eigenvalue weighted by Crippen LogP contribution is 2.18. The minimum Gasteiger partial charge on any atom is -0.410 e. The van der Waals surface area contributed by atoms with Gasteiger partial charge in [0.25, 0.3) is 0 Å². The van der Waals surface area contributed by atoms with Crippen LogP contribution in [0, 0.1) is 0 Å². The minimum absolute atomic E-state index is 0.263. The molecule has 0 saturated carbocycles. The third-order valence-electron chi connectivity index (χ3n) is 2.18. The number of hydrogen-bond donors (Lipinski definition) is 0. The number of fused-ring (bicyclic) bond motifs is 1. The molecular weight excluding hydrogens is 195 g/mol. The maximum absolute atomic E-state index is 5.19. The standard InChI is InChI=1S/C10H11BO2S/c1-12-11(13-2)9-4-3-8-5-6-14-10(8)7-9/h3-7H,1-2H3. The van der Waals surface area contributed by atoms with Gasteiger partial charge >= 0.3 is 7.12 Å². The zero-order valence-electron chi connectivity index (χ0n) is 8.19. The van der Waals surface area contributed by atoms with Gasteiger partial charge < -0.3 is 9.31 Å². The summed E-state index contributed by atoms with van der Waals surface area (Å²) in [6.07, 6.45) is 0. The van der Waals surface area contributed by atoms with Crippen LogP contribution in [0.4, 0.5) is 0 Å². The van der Waals surface area contributed by atoms with E-state index >= 15 is 0 Å². The van der Waals surface area contributed by atoms with Crippen LogP contribution in [0.2, 0.25) is 0 Å². The van der Waals surface area contributed by atoms with Gasteiger partial charge in [0.2, 0.25) is 0 Å². The molecule has 0 bridgehead atoms. The molecule has 1 aromatic heterocycles. The monoisotopic (exact) mass is 206 g/mol. The lowest BCUT2D eigenvalue weighted by Crippen LogP contribution is -2.34. The summed E-state index contributed by atoms with van der Waals surface area (Å²) < 4.78 is 11.7. The lowest BCUT2D eigenvalue weighted by Gasteiger charge is -2.08. The molecule has 0 aliphatic carbocycles. The molecule has 0 aliphatic heterocycles. The van der Waals surface area contributed by atoms with Gasteiger partial charge in [0.05, 0.1) is 0 Å². The van der Waals surface area contributed by atoms with Crippen molar-refractivity contribution >= 4 is 34.0 Å². The van der Waals surface area contributed by atoms with E-state index in [2.05, 4.69) is 23.6 Å². The summed E-state index contributed by atoms with van der Waals surface area (Å²) in [6, 6.07) is 8.34. The molecule has 0 unspecified atom stereocenters. The van der Waals surface area contributed by atoms with Gasteiger partial charge in [-0.05, 0) is 28.4 Å². The lowest BCUT2D eigenvalue weighted by molar-refractivity contribution is 0.292. The Bertz CT molecular complexity index is 423. The van der Waals surface area contributed by atoms with Crippen LogP contribution < -0.4 is 5.46 Å². The van der Waals surface area contributed by atoms with E-state index in [-0.39, 0.29) is 7.12 Å². The van der Waals surface area contributed by atoms with Crippen LogP contribution in [0.1, 0.15) is 0 Å². The Hall–Kier alpha value is -0.835.